The van der Waals surface area contributed by atoms with Crippen molar-refractivity contribution in [3.8, 4) is 11.5 Å². The summed E-state index contributed by atoms with van der Waals surface area (Å²) in [6.07, 6.45) is 11.2. The summed E-state index contributed by atoms with van der Waals surface area (Å²) in [7, 11) is 1.54. The lowest BCUT2D eigenvalue weighted by Crippen LogP contribution is -2.44. The minimum absolute atomic E-state index is 0.00463. The zero-order chi connectivity index (χ0) is 51.1. The van der Waals surface area contributed by atoms with Crippen LogP contribution >= 0.6 is 11.6 Å². The van der Waals surface area contributed by atoms with Crippen molar-refractivity contribution in [3.05, 3.63) is 126 Å². The molecular formula is C53H58ClFN10O8. The monoisotopic (exact) mass is 1020 g/mol. The number of amides is 2. The van der Waals surface area contributed by atoms with Gasteiger partial charge in [0.15, 0.2) is 0 Å². The van der Waals surface area contributed by atoms with Gasteiger partial charge in [0.25, 0.3) is 0 Å². The van der Waals surface area contributed by atoms with Crippen LogP contribution in [0.3, 0.4) is 0 Å². The van der Waals surface area contributed by atoms with Gasteiger partial charge in [0.1, 0.15) is 54.3 Å². The lowest BCUT2D eigenvalue weighted by molar-refractivity contribution is -0.156. The molecule has 0 spiro atoms. The standard InChI is InChI=1S/C27H29ClFN5O4.C26H29N5O4/c28-21-13-18(5-6-22(21)29)32-27-20-14-24(33-26(35)4-1-7-34-8-11-36-12-9-34)25(15-23(20)30-17-31-27)38-16-19-3-2-10-37-19;1-17-14-31(15-25(33)35-17)11-7-10-24(32)30-22-12-20-21(13-23(22)34-3)27-16-28-26(20)29-18(2)19-8-5-4-6-9-19/h1,4-6,13-15,17,19H,2-3,7-12,16H2,(H,33,35)(H,30,31,32);4-10,12-13,16-18H,11,14-15H2,1-3H3,(H,30,32)(H,27,28,29)/b4-1+;10-7+/t;17-,18-/m.1/s1. The van der Waals surface area contributed by atoms with Gasteiger partial charge in [-0.1, -0.05) is 54.1 Å². The highest BCUT2D eigenvalue weighted by molar-refractivity contribution is 6.31. The summed E-state index contributed by atoms with van der Waals surface area (Å²) < 4.78 is 41.4. The molecule has 0 aliphatic carbocycles. The van der Waals surface area contributed by atoms with E-state index in [-0.39, 0.29) is 47.6 Å². The average Bonchev–Trinajstić information content (AvgIpc) is 3.91. The molecular weight excluding hydrogens is 959 g/mol. The lowest BCUT2D eigenvalue weighted by atomic mass is 10.1. The second-order valence-corrected chi connectivity index (χ2v) is 18.0. The number of anilines is 5. The molecule has 1 unspecified atom stereocenters. The smallest absolute Gasteiger partial charge is 0.320 e. The molecule has 3 fully saturated rings. The molecule has 5 heterocycles. The number of hydrogen-bond donors (Lipinski definition) is 4. The molecule has 6 aromatic rings. The largest absolute Gasteiger partial charge is 0.494 e. The zero-order valence-corrected chi connectivity index (χ0v) is 41.6. The number of nitrogens with one attached hydrogen (secondary N) is 4. The fraction of sp³-hybridized carbons (Fsp3) is 0.340. The number of ether oxygens (including phenoxy) is 5. The number of fused-ring (bicyclic) bond motifs is 2. The van der Waals surface area contributed by atoms with Crippen molar-refractivity contribution in [1.29, 1.82) is 0 Å². The van der Waals surface area contributed by atoms with Crippen molar-refractivity contribution in [2.24, 2.45) is 0 Å². The van der Waals surface area contributed by atoms with E-state index >= 15 is 0 Å². The number of cyclic esters (lactones) is 1. The number of rotatable bonds is 17. The van der Waals surface area contributed by atoms with Gasteiger partial charge in [-0.15, -0.1) is 0 Å². The molecule has 20 heteroatoms. The first-order valence-electron chi connectivity index (χ1n) is 24.0. The van der Waals surface area contributed by atoms with Crippen molar-refractivity contribution in [2.45, 2.75) is 44.9 Å². The molecule has 2 amide bonds. The number of methoxy groups -OCH3 is 1. The fourth-order valence-corrected chi connectivity index (χ4v) is 8.54. The number of nitrogens with zero attached hydrogens (tertiary/aromatic N) is 6. The summed E-state index contributed by atoms with van der Waals surface area (Å²) >= 11 is 5.94. The number of carbonyl (C=O) groups is 3. The Morgan fingerprint density at radius 1 is 0.849 bits per heavy atom. The van der Waals surface area contributed by atoms with Crippen LogP contribution in [0, 0.1) is 5.82 Å². The molecule has 0 bridgehead atoms. The van der Waals surface area contributed by atoms with Gasteiger partial charge in [0, 0.05) is 86.1 Å². The van der Waals surface area contributed by atoms with Crippen LogP contribution in [0.25, 0.3) is 21.8 Å². The number of benzene rings is 4. The van der Waals surface area contributed by atoms with Crippen molar-refractivity contribution in [1.82, 2.24) is 29.7 Å². The van der Waals surface area contributed by atoms with Gasteiger partial charge in [-0.05, 0) is 62.6 Å². The van der Waals surface area contributed by atoms with Crippen LogP contribution in [-0.4, -0.2) is 133 Å². The van der Waals surface area contributed by atoms with Crippen molar-refractivity contribution >= 4 is 79.9 Å². The Bertz CT molecular complexity index is 2940. The van der Waals surface area contributed by atoms with Crippen molar-refractivity contribution < 1.29 is 42.5 Å². The van der Waals surface area contributed by atoms with Gasteiger partial charge in [0.2, 0.25) is 11.8 Å². The summed E-state index contributed by atoms with van der Waals surface area (Å²) in [5.41, 5.74) is 3.98. The predicted octanol–water partition coefficient (Wildman–Crippen LogP) is 8.10. The van der Waals surface area contributed by atoms with E-state index in [9.17, 15) is 18.8 Å². The van der Waals surface area contributed by atoms with Crippen molar-refractivity contribution in [3.63, 3.8) is 0 Å². The van der Waals surface area contributed by atoms with Gasteiger partial charge in [-0.25, -0.2) is 24.3 Å². The SMILES string of the molecule is COc1cc2ncnc(N[C@H](C)c3ccccc3)c2cc1NC(=O)/C=C/CN1CC(=O)O[C@H](C)C1.O=C(/C=C/CN1CCOCC1)Nc1cc2c(Nc3ccc(F)c(Cl)c3)ncnc2cc1OCC1CCCO1. The second-order valence-electron chi connectivity index (χ2n) is 17.5. The molecule has 382 valence electrons. The molecule has 9 rings (SSSR count). The number of carbonyl (C=O) groups excluding carboxylic acids is 3. The summed E-state index contributed by atoms with van der Waals surface area (Å²) in [6, 6.07) is 21.5. The maximum atomic E-state index is 13.6. The molecule has 0 saturated carbocycles. The Kier molecular flexibility index (Phi) is 18.1. The Balaban J connectivity index is 0.000000196. The van der Waals surface area contributed by atoms with E-state index in [2.05, 4.69) is 65.2 Å². The minimum Gasteiger partial charge on any atom is -0.494 e. The highest BCUT2D eigenvalue weighted by Crippen LogP contribution is 2.36. The predicted molar refractivity (Wildman–Crippen MR) is 278 cm³/mol. The lowest BCUT2D eigenvalue weighted by Gasteiger charge is -2.29. The van der Waals surface area contributed by atoms with Crippen LogP contribution in [0.1, 0.15) is 38.3 Å². The first-order valence-corrected chi connectivity index (χ1v) is 24.4. The summed E-state index contributed by atoms with van der Waals surface area (Å²) in [5, 5.41) is 13.8. The van der Waals surface area contributed by atoms with Crippen LogP contribution in [0.2, 0.25) is 5.02 Å². The molecule has 73 heavy (non-hydrogen) atoms. The molecule has 3 aliphatic heterocycles. The van der Waals surface area contributed by atoms with E-state index < -0.39 is 5.82 Å². The van der Waals surface area contributed by atoms with E-state index in [0.29, 0.717) is 96.1 Å². The van der Waals surface area contributed by atoms with Gasteiger partial charge in [-0.3, -0.25) is 24.2 Å². The summed E-state index contributed by atoms with van der Waals surface area (Å²) in [4.78, 5) is 58.7. The molecule has 0 radical (unpaired) electrons. The van der Waals surface area contributed by atoms with E-state index in [4.69, 9.17) is 35.3 Å². The number of morpholine rings is 2. The quantitative estimate of drug-likeness (QED) is 0.0503. The molecule has 3 atom stereocenters. The van der Waals surface area contributed by atoms with Gasteiger partial charge in [-0.2, -0.15) is 0 Å². The number of hydrogen-bond acceptors (Lipinski definition) is 16. The average molecular weight is 1020 g/mol. The van der Waals surface area contributed by atoms with Crippen LogP contribution in [0.4, 0.5) is 33.1 Å². The topological polar surface area (TPSA) is 204 Å². The summed E-state index contributed by atoms with van der Waals surface area (Å²) in [5.74, 6) is 0.758. The van der Waals surface area contributed by atoms with Crippen LogP contribution in [0.5, 0.6) is 11.5 Å². The Hall–Kier alpha value is -7.29. The van der Waals surface area contributed by atoms with Crippen molar-refractivity contribution in [2.75, 3.05) is 94.1 Å². The third-order valence-corrected chi connectivity index (χ3v) is 12.4. The molecule has 3 aliphatic rings. The maximum absolute atomic E-state index is 13.6. The first-order chi connectivity index (χ1) is 35.5. The highest BCUT2D eigenvalue weighted by Gasteiger charge is 2.23. The number of halogens is 2. The Morgan fingerprint density at radius 2 is 1.51 bits per heavy atom. The van der Waals surface area contributed by atoms with Crippen LogP contribution in [-0.2, 0) is 28.6 Å². The molecule has 18 nitrogen and oxygen atoms in total. The minimum atomic E-state index is -0.510. The third-order valence-electron chi connectivity index (χ3n) is 12.1. The zero-order valence-electron chi connectivity index (χ0n) is 40.8. The van der Waals surface area contributed by atoms with Crippen LogP contribution < -0.4 is 30.7 Å². The first kappa shape index (κ1) is 52.0. The molecule has 4 aromatic carbocycles. The van der Waals surface area contributed by atoms with E-state index in [1.165, 1.54) is 36.9 Å². The normalized spacial score (nSPS) is 17.7. The number of aromatic nitrogens is 4. The molecule has 3 saturated heterocycles. The van der Waals surface area contributed by atoms with Gasteiger partial charge >= 0.3 is 5.97 Å². The Labute approximate surface area is 427 Å². The number of esters is 1. The maximum Gasteiger partial charge on any atom is 0.320 e. The fourth-order valence-electron chi connectivity index (χ4n) is 8.36. The van der Waals surface area contributed by atoms with Gasteiger partial charge < -0.3 is 45.0 Å². The highest BCUT2D eigenvalue weighted by atomic mass is 35.5. The van der Waals surface area contributed by atoms with E-state index in [1.807, 2.05) is 42.2 Å². The van der Waals surface area contributed by atoms with E-state index in [1.54, 1.807) is 37.5 Å². The van der Waals surface area contributed by atoms with Gasteiger partial charge in [0.05, 0.1) is 60.4 Å². The van der Waals surface area contributed by atoms with Crippen LogP contribution in [0.15, 0.2) is 110 Å². The molecule has 2 aromatic heterocycles. The second kappa shape index (κ2) is 25.4. The third kappa shape index (κ3) is 14.7. The molecule has 4 N–H and O–H groups in total. The summed E-state index contributed by atoms with van der Waals surface area (Å²) in [6.45, 7) is 10.1. The van der Waals surface area contributed by atoms with E-state index in [0.717, 1.165) is 43.5 Å². The Morgan fingerprint density at radius 3 is 2.16 bits per heavy atom.